The van der Waals surface area contributed by atoms with Crippen molar-refractivity contribution in [1.82, 2.24) is 4.90 Å². The molecule has 0 bridgehead atoms. The van der Waals surface area contributed by atoms with E-state index in [9.17, 15) is 13.2 Å². The minimum absolute atomic E-state index is 0.0211. The van der Waals surface area contributed by atoms with Crippen molar-refractivity contribution in [3.05, 3.63) is 0 Å². The molecule has 0 aliphatic rings. The van der Waals surface area contributed by atoms with Gasteiger partial charge >= 0.3 is 0 Å². The second kappa shape index (κ2) is 4.60. The van der Waals surface area contributed by atoms with Gasteiger partial charge in [0.2, 0.25) is 5.91 Å². The molecule has 1 unspecified atom stereocenters. The van der Waals surface area contributed by atoms with Gasteiger partial charge in [0.05, 0.1) is 5.75 Å². The highest BCUT2D eigenvalue weighted by Gasteiger charge is 2.13. The number of carbonyl (C=O) groups is 1. The topological polar surface area (TPSA) is 54.5 Å². The van der Waals surface area contributed by atoms with Gasteiger partial charge in [0, 0.05) is 26.3 Å². The SMILES string of the molecule is CC(=O)N(C)C(C)CCS(C)(=O)=O. The first-order valence-corrected chi connectivity index (χ1v) is 6.21. The van der Waals surface area contributed by atoms with Crippen molar-refractivity contribution in [3.8, 4) is 0 Å². The quantitative estimate of drug-likeness (QED) is 0.665. The summed E-state index contributed by atoms with van der Waals surface area (Å²) in [6.07, 6.45) is 1.70. The molecule has 78 valence electrons. The summed E-state index contributed by atoms with van der Waals surface area (Å²) in [6.45, 7) is 3.31. The van der Waals surface area contributed by atoms with Crippen LogP contribution in [-0.2, 0) is 14.6 Å². The lowest BCUT2D eigenvalue weighted by Gasteiger charge is -2.22. The van der Waals surface area contributed by atoms with Crippen molar-refractivity contribution in [2.45, 2.75) is 26.3 Å². The van der Waals surface area contributed by atoms with Gasteiger partial charge in [0.25, 0.3) is 0 Å². The van der Waals surface area contributed by atoms with E-state index >= 15 is 0 Å². The third kappa shape index (κ3) is 5.63. The number of hydrogen-bond donors (Lipinski definition) is 0. The van der Waals surface area contributed by atoms with Crippen molar-refractivity contribution >= 4 is 15.7 Å². The van der Waals surface area contributed by atoms with E-state index in [1.807, 2.05) is 6.92 Å². The zero-order valence-electron chi connectivity index (χ0n) is 8.57. The average molecular weight is 207 g/mol. The zero-order chi connectivity index (χ0) is 10.6. The minimum atomic E-state index is -2.92. The van der Waals surface area contributed by atoms with Gasteiger partial charge in [-0.2, -0.15) is 0 Å². The Morgan fingerprint density at radius 2 is 1.92 bits per heavy atom. The predicted octanol–water partition coefficient (Wildman–Crippen LogP) is 0.288. The Morgan fingerprint density at radius 3 is 2.23 bits per heavy atom. The Hall–Kier alpha value is -0.580. The second-order valence-electron chi connectivity index (χ2n) is 3.40. The molecule has 0 saturated carbocycles. The number of hydrogen-bond acceptors (Lipinski definition) is 3. The fraction of sp³-hybridized carbons (Fsp3) is 0.875. The van der Waals surface area contributed by atoms with Crippen molar-refractivity contribution < 1.29 is 13.2 Å². The van der Waals surface area contributed by atoms with Crippen LogP contribution < -0.4 is 0 Å². The summed E-state index contributed by atoms with van der Waals surface area (Å²) >= 11 is 0. The van der Waals surface area contributed by atoms with E-state index in [0.717, 1.165) is 0 Å². The standard InChI is InChI=1S/C8H17NO3S/c1-7(9(3)8(2)10)5-6-13(4,11)12/h7H,5-6H2,1-4H3. The van der Waals surface area contributed by atoms with Gasteiger partial charge in [0.15, 0.2) is 0 Å². The molecule has 0 spiro atoms. The first-order valence-electron chi connectivity index (χ1n) is 4.15. The molecule has 0 N–H and O–H groups in total. The van der Waals surface area contributed by atoms with Crippen molar-refractivity contribution in [2.75, 3.05) is 19.1 Å². The van der Waals surface area contributed by atoms with Crippen LogP contribution in [0.1, 0.15) is 20.3 Å². The Bertz CT molecular complexity index is 271. The molecule has 0 aliphatic carbocycles. The molecule has 0 aliphatic heterocycles. The highest BCUT2D eigenvalue weighted by molar-refractivity contribution is 7.90. The molecule has 0 heterocycles. The van der Waals surface area contributed by atoms with Crippen molar-refractivity contribution in [3.63, 3.8) is 0 Å². The van der Waals surface area contributed by atoms with Crippen LogP contribution in [0.25, 0.3) is 0 Å². The lowest BCUT2D eigenvalue weighted by molar-refractivity contribution is -0.129. The van der Waals surface area contributed by atoms with E-state index in [1.165, 1.54) is 13.2 Å². The predicted molar refractivity (Wildman–Crippen MR) is 52.2 cm³/mol. The molecule has 0 aromatic heterocycles. The van der Waals surface area contributed by atoms with Crippen LogP contribution in [0.2, 0.25) is 0 Å². The molecule has 1 amide bonds. The second-order valence-corrected chi connectivity index (χ2v) is 5.66. The lowest BCUT2D eigenvalue weighted by atomic mass is 10.2. The molecule has 0 aromatic carbocycles. The van der Waals surface area contributed by atoms with Gasteiger partial charge in [-0.15, -0.1) is 0 Å². The smallest absolute Gasteiger partial charge is 0.219 e. The summed E-state index contributed by atoms with van der Waals surface area (Å²) in [5, 5.41) is 0. The molecule has 5 heteroatoms. The van der Waals surface area contributed by atoms with E-state index < -0.39 is 9.84 Å². The fourth-order valence-corrected chi connectivity index (χ4v) is 1.66. The summed E-state index contributed by atoms with van der Waals surface area (Å²) in [4.78, 5) is 12.4. The monoisotopic (exact) mass is 207 g/mol. The molecule has 0 radical (unpaired) electrons. The molecular formula is C8H17NO3S. The third-order valence-electron chi connectivity index (χ3n) is 2.06. The maximum absolute atomic E-state index is 10.9. The van der Waals surface area contributed by atoms with Gasteiger partial charge in [0.1, 0.15) is 9.84 Å². The van der Waals surface area contributed by atoms with Crippen molar-refractivity contribution in [2.24, 2.45) is 0 Å². The maximum Gasteiger partial charge on any atom is 0.219 e. The van der Waals surface area contributed by atoms with Gasteiger partial charge in [-0.3, -0.25) is 4.79 Å². The fourth-order valence-electron chi connectivity index (χ4n) is 0.889. The van der Waals surface area contributed by atoms with Gasteiger partial charge in [-0.1, -0.05) is 0 Å². The molecule has 0 fully saturated rings. The molecule has 4 nitrogen and oxygen atoms in total. The maximum atomic E-state index is 10.9. The number of rotatable bonds is 4. The summed E-state index contributed by atoms with van der Waals surface area (Å²) in [7, 11) is -1.24. The highest BCUT2D eigenvalue weighted by atomic mass is 32.2. The van der Waals surface area contributed by atoms with Crippen LogP contribution in [0.4, 0.5) is 0 Å². The minimum Gasteiger partial charge on any atom is -0.343 e. The van der Waals surface area contributed by atoms with Gasteiger partial charge in [-0.25, -0.2) is 8.42 Å². The van der Waals surface area contributed by atoms with Gasteiger partial charge < -0.3 is 4.90 Å². The van der Waals surface area contributed by atoms with Crippen LogP contribution in [0.3, 0.4) is 0 Å². The number of nitrogens with zero attached hydrogens (tertiary/aromatic N) is 1. The Morgan fingerprint density at radius 1 is 1.46 bits per heavy atom. The van der Waals surface area contributed by atoms with Crippen molar-refractivity contribution in [1.29, 1.82) is 0 Å². The summed E-state index contributed by atoms with van der Waals surface area (Å²) in [5.41, 5.74) is 0. The van der Waals surface area contributed by atoms with Gasteiger partial charge in [-0.05, 0) is 13.3 Å². The van der Waals surface area contributed by atoms with E-state index in [2.05, 4.69) is 0 Å². The molecule has 0 aromatic rings. The first-order chi connectivity index (χ1) is 5.74. The molecule has 0 rings (SSSR count). The Kier molecular flexibility index (Phi) is 4.39. The van der Waals surface area contributed by atoms with Crippen LogP contribution in [-0.4, -0.2) is 44.3 Å². The number of carbonyl (C=O) groups excluding carboxylic acids is 1. The Balaban J connectivity index is 4.02. The van der Waals surface area contributed by atoms with Crippen LogP contribution in [0.5, 0.6) is 0 Å². The summed E-state index contributed by atoms with van der Waals surface area (Å²) < 4.78 is 21.6. The molecular weight excluding hydrogens is 190 g/mol. The normalized spacial score (nSPS) is 13.8. The van der Waals surface area contributed by atoms with Crippen LogP contribution in [0, 0.1) is 0 Å². The van der Waals surface area contributed by atoms with E-state index in [0.29, 0.717) is 6.42 Å². The van der Waals surface area contributed by atoms with E-state index in [1.54, 1.807) is 11.9 Å². The average Bonchev–Trinajstić information content (AvgIpc) is 1.97. The third-order valence-corrected chi connectivity index (χ3v) is 3.04. The summed E-state index contributed by atoms with van der Waals surface area (Å²) in [5.74, 6) is 0.0900. The van der Waals surface area contributed by atoms with E-state index in [4.69, 9.17) is 0 Å². The Labute approximate surface area is 79.8 Å². The van der Waals surface area contributed by atoms with Crippen LogP contribution in [0.15, 0.2) is 0 Å². The molecule has 1 atom stereocenters. The number of sulfone groups is 1. The summed E-state index contributed by atoms with van der Waals surface area (Å²) in [6, 6.07) is -0.0211. The highest BCUT2D eigenvalue weighted by Crippen LogP contribution is 2.03. The van der Waals surface area contributed by atoms with Crippen LogP contribution >= 0.6 is 0 Å². The zero-order valence-corrected chi connectivity index (χ0v) is 9.39. The lowest BCUT2D eigenvalue weighted by Crippen LogP contribution is -2.34. The van der Waals surface area contributed by atoms with E-state index in [-0.39, 0.29) is 17.7 Å². The molecule has 13 heavy (non-hydrogen) atoms. The number of amides is 1. The molecule has 0 saturated heterocycles. The first kappa shape index (κ1) is 12.4. The largest absolute Gasteiger partial charge is 0.343 e.